The molecular weight excluding hydrogens is 482 g/mol. The van der Waals surface area contributed by atoms with E-state index < -0.39 is 41.0 Å². The first-order valence-electron chi connectivity index (χ1n) is 10.8. The maximum absolute atomic E-state index is 13.8. The normalized spacial score (nSPS) is 20.5. The summed E-state index contributed by atoms with van der Waals surface area (Å²) < 4.78 is 88.3. The Kier molecular flexibility index (Phi) is 6.18. The van der Waals surface area contributed by atoms with E-state index in [0.717, 1.165) is 43.2 Å². The third-order valence-corrected chi connectivity index (χ3v) is 6.13. The molecule has 1 aliphatic heterocycles. The van der Waals surface area contributed by atoms with E-state index >= 15 is 0 Å². The van der Waals surface area contributed by atoms with E-state index in [9.17, 15) is 36.2 Å². The third-order valence-electron chi connectivity index (χ3n) is 6.13. The van der Waals surface area contributed by atoms with E-state index in [1.54, 1.807) is 0 Å². The number of aromatic hydroxyl groups is 1. The van der Waals surface area contributed by atoms with Gasteiger partial charge in [0.2, 0.25) is 5.60 Å². The van der Waals surface area contributed by atoms with Crippen LogP contribution >= 0.6 is 0 Å². The summed E-state index contributed by atoms with van der Waals surface area (Å²) in [7, 11) is 0. The molecule has 0 aromatic heterocycles. The minimum atomic E-state index is -4.90. The minimum absolute atomic E-state index is 0.0129. The van der Waals surface area contributed by atoms with Gasteiger partial charge in [-0.25, -0.2) is 0 Å². The first-order valence-corrected chi connectivity index (χ1v) is 10.8. The van der Waals surface area contributed by atoms with Gasteiger partial charge in [-0.3, -0.25) is 4.79 Å². The molecule has 1 heterocycles. The maximum Gasteiger partial charge on any atom is 0.573 e. The van der Waals surface area contributed by atoms with E-state index in [0.29, 0.717) is 12.8 Å². The molecule has 1 saturated carbocycles. The topological polar surface area (TPSA) is 79.8 Å². The van der Waals surface area contributed by atoms with Gasteiger partial charge in [0.05, 0.1) is 23.5 Å². The molecule has 1 unspecified atom stereocenters. The van der Waals surface area contributed by atoms with Gasteiger partial charge in [0.1, 0.15) is 17.2 Å². The van der Waals surface area contributed by atoms with Crippen LogP contribution in [0.25, 0.3) is 0 Å². The van der Waals surface area contributed by atoms with Gasteiger partial charge in [-0.1, -0.05) is 12.8 Å². The Morgan fingerprint density at radius 2 is 1.83 bits per heavy atom. The minimum Gasteiger partial charge on any atom is -0.508 e. The summed E-state index contributed by atoms with van der Waals surface area (Å²) in [6.07, 6.45) is -6.63. The summed E-state index contributed by atoms with van der Waals surface area (Å²) in [5.74, 6) is -1.96. The SMILES string of the molecule is CC1(C(=O)Nc2cc(O)c(C3CCCC3)cc2C(F)(F)F)CNc2cc(OC(F)(F)F)ccc2O1. The van der Waals surface area contributed by atoms with Crippen LogP contribution in [0.5, 0.6) is 17.2 Å². The third kappa shape index (κ3) is 5.35. The Morgan fingerprint density at radius 3 is 2.46 bits per heavy atom. The number of halogens is 6. The first-order chi connectivity index (χ1) is 16.2. The number of fused-ring (bicyclic) bond motifs is 1. The van der Waals surface area contributed by atoms with E-state index in [1.807, 2.05) is 0 Å². The zero-order chi connectivity index (χ0) is 25.6. The van der Waals surface area contributed by atoms with Gasteiger partial charge in [0.25, 0.3) is 5.91 Å². The van der Waals surface area contributed by atoms with Gasteiger partial charge in [0, 0.05) is 12.1 Å². The van der Waals surface area contributed by atoms with E-state index in [-0.39, 0.29) is 35.2 Å². The number of hydrogen-bond acceptors (Lipinski definition) is 5. The highest BCUT2D eigenvalue weighted by Gasteiger charge is 2.42. The van der Waals surface area contributed by atoms with Crippen molar-refractivity contribution in [3.8, 4) is 17.2 Å². The van der Waals surface area contributed by atoms with Crippen molar-refractivity contribution in [2.75, 3.05) is 17.2 Å². The second-order valence-electron chi connectivity index (χ2n) is 8.78. The predicted octanol–water partition coefficient (Wildman–Crippen LogP) is 6.17. The number of alkyl halides is 6. The zero-order valence-electron chi connectivity index (χ0n) is 18.4. The van der Waals surface area contributed by atoms with Crippen molar-refractivity contribution in [2.24, 2.45) is 0 Å². The lowest BCUT2D eigenvalue weighted by Crippen LogP contribution is -2.52. The Labute approximate surface area is 196 Å². The molecule has 35 heavy (non-hydrogen) atoms. The second-order valence-corrected chi connectivity index (χ2v) is 8.78. The van der Waals surface area contributed by atoms with Crippen molar-refractivity contribution in [3.05, 3.63) is 41.5 Å². The number of rotatable bonds is 4. The number of nitrogens with one attached hydrogen (secondary N) is 2. The lowest BCUT2D eigenvalue weighted by Gasteiger charge is -2.35. The summed E-state index contributed by atoms with van der Waals surface area (Å²) in [6.45, 7) is 1.06. The van der Waals surface area contributed by atoms with Crippen molar-refractivity contribution in [3.63, 3.8) is 0 Å². The van der Waals surface area contributed by atoms with Crippen LogP contribution in [-0.2, 0) is 11.0 Å². The van der Waals surface area contributed by atoms with Gasteiger partial charge in [-0.05, 0) is 49.4 Å². The molecular formula is C23H22F6N2O4. The van der Waals surface area contributed by atoms with Crippen molar-refractivity contribution in [1.29, 1.82) is 0 Å². The van der Waals surface area contributed by atoms with Crippen LogP contribution in [0, 0.1) is 0 Å². The number of hydrogen-bond donors (Lipinski definition) is 3. The fourth-order valence-electron chi connectivity index (χ4n) is 4.36. The van der Waals surface area contributed by atoms with Gasteiger partial charge in [-0.2, -0.15) is 13.2 Å². The molecule has 0 bridgehead atoms. The number of ether oxygens (including phenoxy) is 2. The standard InChI is InChI=1S/C23H22F6N2O4/c1-21(11-30-17-8-13(34-23(27,28)29)6-7-19(17)35-21)20(33)31-16-10-18(32)14(12-4-2-3-5-12)9-15(16)22(24,25)26/h6-10,12,30,32H,2-5,11H2,1H3,(H,31,33). The lowest BCUT2D eigenvalue weighted by molar-refractivity contribution is -0.274. The summed E-state index contributed by atoms with van der Waals surface area (Å²) in [6, 6.07) is 4.93. The molecule has 1 amide bonds. The lowest BCUT2D eigenvalue weighted by atomic mass is 9.93. The van der Waals surface area contributed by atoms with Gasteiger partial charge < -0.3 is 25.2 Å². The van der Waals surface area contributed by atoms with Crippen LogP contribution in [0.4, 0.5) is 37.7 Å². The van der Waals surface area contributed by atoms with Crippen LogP contribution in [0.1, 0.15) is 49.7 Å². The smallest absolute Gasteiger partial charge is 0.508 e. The van der Waals surface area contributed by atoms with E-state index in [4.69, 9.17) is 4.74 Å². The van der Waals surface area contributed by atoms with Crippen LogP contribution in [-0.4, -0.2) is 29.5 Å². The molecule has 0 spiro atoms. The quantitative estimate of drug-likeness (QED) is 0.434. The Balaban J connectivity index is 1.57. The molecule has 2 aliphatic rings. The Bertz CT molecular complexity index is 1130. The average Bonchev–Trinajstić information content (AvgIpc) is 3.26. The Hall–Kier alpha value is -3.31. The fourth-order valence-corrected chi connectivity index (χ4v) is 4.36. The average molecular weight is 504 g/mol. The number of carbonyl (C=O) groups is 1. The number of phenols is 1. The molecule has 1 atom stereocenters. The molecule has 2 aromatic carbocycles. The molecule has 0 radical (unpaired) electrons. The first kappa shape index (κ1) is 24.8. The van der Waals surface area contributed by atoms with Crippen LogP contribution in [0.3, 0.4) is 0 Å². The predicted molar refractivity (Wildman–Crippen MR) is 114 cm³/mol. The summed E-state index contributed by atoms with van der Waals surface area (Å²) >= 11 is 0. The van der Waals surface area contributed by atoms with E-state index in [1.165, 1.54) is 6.92 Å². The molecule has 1 aliphatic carbocycles. The van der Waals surface area contributed by atoms with Crippen molar-refractivity contribution >= 4 is 17.3 Å². The highest BCUT2D eigenvalue weighted by atomic mass is 19.4. The molecule has 4 rings (SSSR count). The number of phenolic OH excluding ortho intramolecular Hbond substituents is 1. The highest BCUT2D eigenvalue weighted by molar-refractivity contribution is 5.99. The molecule has 2 aromatic rings. The molecule has 1 fully saturated rings. The monoisotopic (exact) mass is 504 g/mol. The van der Waals surface area contributed by atoms with Gasteiger partial charge in [0.15, 0.2) is 0 Å². The molecule has 6 nitrogen and oxygen atoms in total. The van der Waals surface area contributed by atoms with Gasteiger partial charge in [-0.15, -0.1) is 13.2 Å². The molecule has 0 saturated heterocycles. The summed E-state index contributed by atoms with van der Waals surface area (Å²) in [5.41, 5.74) is -3.10. The molecule has 3 N–H and O–H groups in total. The maximum atomic E-state index is 13.8. The largest absolute Gasteiger partial charge is 0.573 e. The second kappa shape index (κ2) is 8.72. The molecule has 12 heteroatoms. The summed E-state index contributed by atoms with van der Waals surface area (Å²) in [5, 5.41) is 15.4. The highest BCUT2D eigenvalue weighted by Crippen LogP contribution is 2.45. The van der Waals surface area contributed by atoms with E-state index in [2.05, 4.69) is 15.4 Å². The van der Waals surface area contributed by atoms with Crippen molar-refractivity contribution < 1.29 is 45.7 Å². The molecule has 190 valence electrons. The Morgan fingerprint density at radius 1 is 1.14 bits per heavy atom. The zero-order valence-corrected chi connectivity index (χ0v) is 18.4. The van der Waals surface area contributed by atoms with Crippen molar-refractivity contribution in [2.45, 2.75) is 56.7 Å². The number of carbonyl (C=O) groups excluding carboxylic acids is 1. The van der Waals surface area contributed by atoms with Crippen LogP contribution < -0.4 is 20.1 Å². The van der Waals surface area contributed by atoms with Gasteiger partial charge >= 0.3 is 12.5 Å². The number of benzene rings is 2. The van der Waals surface area contributed by atoms with Crippen molar-refractivity contribution in [1.82, 2.24) is 0 Å². The van der Waals surface area contributed by atoms with Crippen LogP contribution in [0.2, 0.25) is 0 Å². The number of amides is 1. The number of anilines is 2. The van der Waals surface area contributed by atoms with Crippen LogP contribution in [0.15, 0.2) is 30.3 Å². The fraction of sp³-hybridized carbons (Fsp3) is 0.435. The summed E-state index contributed by atoms with van der Waals surface area (Å²) in [4.78, 5) is 13.0.